The highest BCUT2D eigenvalue weighted by molar-refractivity contribution is 6.07. The molecule has 7 heteroatoms. The van der Waals surface area contributed by atoms with E-state index in [0.29, 0.717) is 19.5 Å². The van der Waals surface area contributed by atoms with Crippen LogP contribution in [-0.2, 0) is 4.79 Å². The van der Waals surface area contributed by atoms with Crippen LogP contribution in [0, 0.1) is 0 Å². The molecule has 0 aromatic rings. The number of nitrogens with zero attached hydrogens (tertiary/aromatic N) is 1. The standard InChI is InChI=1S/C10H16N4O3/c1-2-4-11-9(17)14-5-3-10(6-14)7(15)12-8(16)13-10/h2-6H2,1H3,(H,11,17)(H2,12,13,15,16). The first-order valence-electron chi connectivity index (χ1n) is 5.74. The van der Waals surface area contributed by atoms with Gasteiger partial charge < -0.3 is 15.5 Å². The Hall–Kier alpha value is -1.79. The molecular weight excluding hydrogens is 224 g/mol. The molecule has 2 aliphatic heterocycles. The van der Waals surface area contributed by atoms with Crippen molar-refractivity contribution in [1.82, 2.24) is 20.9 Å². The zero-order valence-electron chi connectivity index (χ0n) is 9.71. The van der Waals surface area contributed by atoms with E-state index in [2.05, 4.69) is 16.0 Å². The minimum absolute atomic E-state index is 0.183. The molecule has 2 fully saturated rings. The second kappa shape index (κ2) is 4.23. The van der Waals surface area contributed by atoms with E-state index < -0.39 is 11.6 Å². The van der Waals surface area contributed by atoms with E-state index in [1.54, 1.807) is 4.90 Å². The van der Waals surface area contributed by atoms with Gasteiger partial charge in [0.2, 0.25) is 0 Å². The van der Waals surface area contributed by atoms with Crippen LogP contribution in [0.1, 0.15) is 19.8 Å². The van der Waals surface area contributed by atoms with Crippen LogP contribution >= 0.6 is 0 Å². The van der Waals surface area contributed by atoms with Crippen LogP contribution in [0.2, 0.25) is 0 Å². The molecule has 17 heavy (non-hydrogen) atoms. The fourth-order valence-electron chi connectivity index (χ4n) is 2.14. The lowest BCUT2D eigenvalue weighted by atomic mass is 10.00. The second-order valence-corrected chi connectivity index (χ2v) is 4.39. The Morgan fingerprint density at radius 1 is 1.53 bits per heavy atom. The van der Waals surface area contributed by atoms with Gasteiger partial charge in [0.25, 0.3) is 5.91 Å². The summed E-state index contributed by atoms with van der Waals surface area (Å²) in [6, 6.07) is -0.663. The van der Waals surface area contributed by atoms with Gasteiger partial charge in [0.15, 0.2) is 0 Å². The lowest BCUT2D eigenvalue weighted by molar-refractivity contribution is -0.123. The van der Waals surface area contributed by atoms with Crippen LogP contribution in [0.3, 0.4) is 0 Å². The molecule has 1 spiro atoms. The summed E-state index contributed by atoms with van der Waals surface area (Å²) in [5, 5.41) is 7.55. The predicted molar refractivity (Wildman–Crippen MR) is 59.3 cm³/mol. The molecule has 3 N–H and O–H groups in total. The molecule has 2 aliphatic rings. The highest BCUT2D eigenvalue weighted by Gasteiger charge is 2.51. The van der Waals surface area contributed by atoms with Crippen LogP contribution in [0.4, 0.5) is 9.59 Å². The summed E-state index contributed by atoms with van der Waals surface area (Å²) in [5.41, 5.74) is -0.916. The number of nitrogens with one attached hydrogen (secondary N) is 3. The second-order valence-electron chi connectivity index (χ2n) is 4.39. The highest BCUT2D eigenvalue weighted by atomic mass is 16.2. The normalized spacial score (nSPS) is 27.2. The Morgan fingerprint density at radius 2 is 2.29 bits per heavy atom. The summed E-state index contributed by atoms with van der Waals surface area (Å²) in [5.74, 6) is -0.340. The number of hydrogen-bond donors (Lipinski definition) is 3. The van der Waals surface area contributed by atoms with Crippen LogP contribution < -0.4 is 16.0 Å². The third-order valence-electron chi connectivity index (χ3n) is 3.10. The Morgan fingerprint density at radius 3 is 2.88 bits per heavy atom. The van der Waals surface area contributed by atoms with Gasteiger partial charge in [0, 0.05) is 13.1 Å². The van der Waals surface area contributed by atoms with Crippen LogP contribution in [0.25, 0.3) is 0 Å². The molecule has 2 saturated heterocycles. The summed E-state index contributed by atoms with van der Waals surface area (Å²) in [6.45, 7) is 3.29. The average Bonchev–Trinajstić information content (AvgIpc) is 2.81. The zero-order valence-corrected chi connectivity index (χ0v) is 9.71. The zero-order chi connectivity index (χ0) is 12.5. The molecule has 94 valence electrons. The molecule has 2 rings (SSSR count). The molecule has 7 nitrogen and oxygen atoms in total. The molecule has 0 bridgehead atoms. The SMILES string of the molecule is CCCNC(=O)N1CCC2(C1)NC(=O)NC2=O. The van der Waals surface area contributed by atoms with E-state index in [1.165, 1.54) is 0 Å². The first-order chi connectivity index (χ1) is 8.07. The van der Waals surface area contributed by atoms with Crippen molar-refractivity contribution in [3.05, 3.63) is 0 Å². The van der Waals surface area contributed by atoms with E-state index in [0.717, 1.165) is 6.42 Å². The molecule has 0 aliphatic carbocycles. The highest BCUT2D eigenvalue weighted by Crippen LogP contribution is 2.24. The molecule has 0 saturated carbocycles. The molecule has 0 aromatic carbocycles. The van der Waals surface area contributed by atoms with Crippen LogP contribution in [0.15, 0.2) is 0 Å². The van der Waals surface area contributed by atoms with E-state index >= 15 is 0 Å². The fraction of sp³-hybridized carbons (Fsp3) is 0.700. The summed E-state index contributed by atoms with van der Waals surface area (Å²) in [4.78, 5) is 36.0. The minimum Gasteiger partial charge on any atom is -0.338 e. The van der Waals surface area contributed by atoms with Crippen molar-refractivity contribution in [3.63, 3.8) is 0 Å². The number of urea groups is 2. The Balaban J connectivity index is 1.97. The van der Waals surface area contributed by atoms with Crippen LogP contribution in [0.5, 0.6) is 0 Å². The van der Waals surface area contributed by atoms with Gasteiger partial charge >= 0.3 is 12.1 Å². The first kappa shape index (κ1) is 11.7. The molecule has 1 unspecified atom stereocenters. The maximum Gasteiger partial charge on any atom is 0.322 e. The Bertz CT molecular complexity index is 371. The van der Waals surface area contributed by atoms with Gasteiger partial charge in [-0.1, -0.05) is 6.92 Å². The number of rotatable bonds is 2. The minimum atomic E-state index is -0.916. The topological polar surface area (TPSA) is 90.5 Å². The maximum atomic E-state index is 11.7. The lowest BCUT2D eigenvalue weighted by Gasteiger charge is -2.21. The van der Waals surface area contributed by atoms with Crippen molar-refractivity contribution < 1.29 is 14.4 Å². The van der Waals surface area contributed by atoms with Crippen molar-refractivity contribution in [2.45, 2.75) is 25.3 Å². The average molecular weight is 240 g/mol. The number of imide groups is 1. The molecule has 0 radical (unpaired) electrons. The van der Waals surface area contributed by atoms with Gasteiger partial charge in [-0.25, -0.2) is 9.59 Å². The fourth-order valence-corrected chi connectivity index (χ4v) is 2.14. The van der Waals surface area contributed by atoms with Crippen molar-refractivity contribution in [2.24, 2.45) is 0 Å². The maximum absolute atomic E-state index is 11.7. The van der Waals surface area contributed by atoms with Crippen molar-refractivity contribution >= 4 is 18.0 Å². The summed E-state index contributed by atoms with van der Waals surface area (Å²) < 4.78 is 0. The molecule has 5 amide bonds. The summed E-state index contributed by atoms with van der Waals surface area (Å²) >= 11 is 0. The molecule has 1 atom stereocenters. The smallest absolute Gasteiger partial charge is 0.322 e. The Kier molecular flexibility index (Phi) is 2.91. The van der Waals surface area contributed by atoms with Crippen molar-refractivity contribution in [1.29, 1.82) is 0 Å². The van der Waals surface area contributed by atoms with Crippen molar-refractivity contribution in [2.75, 3.05) is 19.6 Å². The molecule has 2 heterocycles. The van der Waals surface area contributed by atoms with Gasteiger partial charge in [-0.3, -0.25) is 10.1 Å². The van der Waals surface area contributed by atoms with Crippen LogP contribution in [-0.4, -0.2) is 48.0 Å². The third-order valence-corrected chi connectivity index (χ3v) is 3.10. The monoisotopic (exact) mass is 240 g/mol. The number of carbonyl (C=O) groups is 3. The number of hydrogen-bond acceptors (Lipinski definition) is 3. The molecule has 0 aromatic heterocycles. The van der Waals surface area contributed by atoms with Gasteiger partial charge in [0.1, 0.15) is 5.54 Å². The summed E-state index contributed by atoms with van der Waals surface area (Å²) in [7, 11) is 0. The first-order valence-corrected chi connectivity index (χ1v) is 5.74. The molecular formula is C10H16N4O3. The number of amides is 5. The predicted octanol–water partition coefficient (Wildman–Crippen LogP) is -0.610. The Labute approximate surface area is 98.9 Å². The van der Waals surface area contributed by atoms with Gasteiger partial charge in [-0.05, 0) is 12.8 Å². The van der Waals surface area contributed by atoms with E-state index in [4.69, 9.17) is 0 Å². The van der Waals surface area contributed by atoms with Crippen molar-refractivity contribution in [3.8, 4) is 0 Å². The lowest BCUT2D eigenvalue weighted by Crippen LogP contribution is -2.50. The van der Waals surface area contributed by atoms with Gasteiger partial charge in [0.05, 0.1) is 6.54 Å². The van der Waals surface area contributed by atoms with E-state index in [9.17, 15) is 14.4 Å². The third kappa shape index (κ3) is 2.04. The summed E-state index contributed by atoms with van der Waals surface area (Å²) in [6.07, 6.45) is 1.33. The number of carbonyl (C=O) groups excluding carboxylic acids is 3. The number of likely N-dealkylation sites (tertiary alicyclic amines) is 1. The van der Waals surface area contributed by atoms with E-state index in [1.807, 2.05) is 6.92 Å². The van der Waals surface area contributed by atoms with E-state index in [-0.39, 0.29) is 18.5 Å². The van der Waals surface area contributed by atoms with Gasteiger partial charge in [-0.2, -0.15) is 0 Å². The largest absolute Gasteiger partial charge is 0.338 e. The van der Waals surface area contributed by atoms with Gasteiger partial charge in [-0.15, -0.1) is 0 Å². The quantitative estimate of drug-likeness (QED) is 0.562.